The highest BCUT2D eigenvalue weighted by Gasteiger charge is 2.55. The van der Waals surface area contributed by atoms with E-state index in [0.29, 0.717) is 17.9 Å². The molecule has 6 atom stereocenters. The van der Waals surface area contributed by atoms with Gasteiger partial charge in [-0.2, -0.15) is 9.97 Å². The molecular formula is C26H35ClFN6O6P. The summed E-state index contributed by atoms with van der Waals surface area (Å²) >= 11 is 6.21. The van der Waals surface area contributed by atoms with Gasteiger partial charge in [0.15, 0.2) is 29.4 Å². The number of carbonyl (C=O) groups excluding carboxylic acids is 1. The fourth-order valence-corrected chi connectivity index (χ4v) is 5.96. The Morgan fingerprint density at radius 2 is 2.00 bits per heavy atom. The summed E-state index contributed by atoms with van der Waals surface area (Å²) in [5.74, 6) is -0.221. The Morgan fingerprint density at radius 3 is 2.66 bits per heavy atom. The van der Waals surface area contributed by atoms with Crippen LogP contribution in [0.2, 0.25) is 5.28 Å². The van der Waals surface area contributed by atoms with Gasteiger partial charge in [0.2, 0.25) is 5.28 Å². The zero-order valence-electron chi connectivity index (χ0n) is 23.5. The Balaban J connectivity index is 1.52. The van der Waals surface area contributed by atoms with Crippen molar-refractivity contribution in [2.75, 3.05) is 25.2 Å². The molecule has 0 aliphatic carbocycles. The second-order valence-electron chi connectivity index (χ2n) is 10.6. The summed E-state index contributed by atoms with van der Waals surface area (Å²) in [6.07, 6.45) is -2.95. The summed E-state index contributed by atoms with van der Waals surface area (Å²) in [6, 6.07) is 8.74. The molecule has 3 aromatic rings. The van der Waals surface area contributed by atoms with Gasteiger partial charge in [0.25, 0.3) is 7.52 Å². The minimum absolute atomic E-state index is 0.0730. The fraction of sp³-hybridized carbons (Fsp3) is 0.538. The average Bonchev–Trinajstić information content (AvgIpc) is 3.44. The maximum Gasteiger partial charge on any atom is 0.323 e. The molecule has 3 heterocycles. The molecule has 0 radical (unpaired) electrons. The summed E-state index contributed by atoms with van der Waals surface area (Å²) < 4.78 is 47.2. The summed E-state index contributed by atoms with van der Waals surface area (Å²) in [7, 11) is -3.55. The Kier molecular flexibility index (Phi) is 9.67. The van der Waals surface area contributed by atoms with Gasteiger partial charge in [-0.05, 0) is 37.9 Å². The highest BCUT2D eigenvalue weighted by Crippen LogP contribution is 2.48. The molecule has 0 spiro atoms. The molecule has 1 aliphatic rings. The quantitative estimate of drug-likeness (QED) is 0.154. The molecule has 4 rings (SSSR count). The molecule has 0 bridgehead atoms. The predicted octanol–water partition coefficient (Wildman–Crippen LogP) is 4.10. The number of halogens is 2. The van der Waals surface area contributed by atoms with Crippen LogP contribution in [0.5, 0.6) is 0 Å². The predicted molar refractivity (Wildman–Crippen MR) is 151 cm³/mol. The van der Waals surface area contributed by atoms with Crippen molar-refractivity contribution in [2.45, 2.75) is 64.9 Å². The molecule has 12 nitrogen and oxygen atoms in total. The maximum absolute atomic E-state index is 16.0. The SMILES string of the molecule is CC(C)OC(=O)[C@H](C)NP(C)(=O)OC[C@H]1O[C@@H](n2cnc3c(NCc4ccccc4)nc(Cl)nc32)[C@H](F)C1(C)CO. The van der Waals surface area contributed by atoms with Crippen molar-refractivity contribution in [3.8, 4) is 0 Å². The molecule has 15 heteroatoms. The van der Waals surface area contributed by atoms with Gasteiger partial charge in [0, 0.05) is 13.2 Å². The number of alkyl halides is 1. The van der Waals surface area contributed by atoms with Gasteiger partial charge in [-0.25, -0.2) is 14.5 Å². The number of aliphatic hydroxyl groups is 1. The molecule has 1 aromatic carbocycles. The van der Waals surface area contributed by atoms with Crippen LogP contribution < -0.4 is 10.4 Å². The van der Waals surface area contributed by atoms with E-state index in [-0.39, 0.29) is 23.6 Å². The first-order valence-electron chi connectivity index (χ1n) is 13.1. The van der Waals surface area contributed by atoms with Crippen molar-refractivity contribution in [1.82, 2.24) is 24.6 Å². The first-order valence-corrected chi connectivity index (χ1v) is 15.6. The molecular weight excluding hydrogens is 578 g/mol. The number of carbonyl (C=O) groups is 1. The molecule has 0 saturated carbocycles. The topological polar surface area (TPSA) is 150 Å². The Hall–Kier alpha value is -2.67. The number of benzene rings is 1. The number of aliphatic hydroxyl groups excluding tert-OH is 1. The van der Waals surface area contributed by atoms with Crippen LogP contribution in [0.4, 0.5) is 10.2 Å². The Bertz CT molecular complexity index is 1410. The van der Waals surface area contributed by atoms with Gasteiger partial charge in [0.05, 0.1) is 37.2 Å². The van der Waals surface area contributed by atoms with Crippen molar-refractivity contribution in [3.63, 3.8) is 0 Å². The second-order valence-corrected chi connectivity index (χ2v) is 13.1. The van der Waals surface area contributed by atoms with Crippen molar-refractivity contribution in [2.24, 2.45) is 5.41 Å². The lowest BCUT2D eigenvalue weighted by molar-refractivity contribution is -0.149. The smallest absolute Gasteiger partial charge is 0.323 e. The number of imidazole rings is 1. The number of fused-ring (bicyclic) bond motifs is 1. The van der Waals surface area contributed by atoms with E-state index >= 15 is 4.39 Å². The number of esters is 1. The zero-order valence-corrected chi connectivity index (χ0v) is 25.1. The molecule has 3 N–H and O–H groups in total. The van der Waals surface area contributed by atoms with Gasteiger partial charge in [0.1, 0.15) is 6.04 Å². The normalized spacial score (nSPS) is 24.9. The number of ether oxygens (including phenoxy) is 2. The third-order valence-electron chi connectivity index (χ3n) is 6.84. The van der Waals surface area contributed by atoms with Crippen molar-refractivity contribution in [1.29, 1.82) is 0 Å². The van der Waals surface area contributed by atoms with E-state index in [4.69, 9.17) is 25.6 Å². The van der Waals surface area contributed by atoms with Crippen molar-refractivity contribution < 1.29 is 32.9 Å². The van der Waals surface area contributed by atoms with Crippen LogP contribution in [-0.4, -0.2) is 74.9 Å². The number of nitrogens with one attached hydrogen (secondary N) is 2. The molecule has 1 saturated heterocycles. The van der Waals surface area contributed by atoms with Gasteiger partial charge < -0.3 is 24.4 Å². The molecule has 2 aromatic heterocycles. The first kappa shape index (κ1) is 31.3. The lowest BCUT2D eigenvalue weighted by atomic mass is 9.82. The van der Waals surface area contributed by atoms with Crippen LogP contribution in [0.25, 0.3) is 11.2 Å². The Morgan fingerprint density at radius 1 is 1.29 bits per heavy atom. The van der Waals surface area contributed by atoms with E-state index in [2.05, 4.69) is 25.4 Å². The van der Waals surface area contributed by atoms with Crippen molar-refractivity contribution >= 4 is 42.1 Å². The highest BCUT2D eigenvalue weighted by atomic mass is 35.5. The number of rotatable bonds is 12. The van der Waals surface area contributed by atoms with Gasteiger partial charge in [-0.3, -0.25) is 13.9 Å². The summed E-state index contributed by atoms with van der Waals surface area (Å²) in [4.78, 5) is 25.0. The summed E-state index contributed by atoms with van der Waals surface area (Å²) in [5.41, 5.74) is 0.175. The van der Waals surface area contributed by atoms with E-state index in [1.807, 2.05) is 30.3 Å². The zero-order chi connectivity index (χ0) is 29.9. The van der Waals surface area contributed by atoms with Crippen LogP contribution in [0, 0.1) is 5.41 Å². The van der Waals surface area contributed by atoms with E-state index in [1.54, 1.807) is 13.8 Å². The van der Waals surface area contributed by atoms with Crippen molar-refractivity contribution in [3.05, 3.63) is 47.5 Å². The number of aromatic nitrogens is 4. The standard InChI is InChI=1S/C26H35ClFN6O6P/c1-15(2)39-24(36)16(3)33-41(5,37)38-12-18-26(4,13-35)20(28)23(40-18)34-14-30-19-21(31-25(27)32-22(19)34)29-11-17-9-7-6-8-10-17/h6-10,14-16,18,20,23,35H,11-13H2,1-5H3,(H,33,37)(H,29,31,32)/t16-,18+,20-,23+,26?,41?/m0/s1. The maximum atomic E-state index is 16.0. The van der Waals surface area contributed by atoms with E-state index in [9.17, 15) is 14.5 Å². The third kappa shape index (κ3) is 7.04. The largest absolute Gasteiger partial charge is 0.462 e. The van der Waals surface area contributed by atoms with E-state index in [1.165, 1.54) is 31.4 Å². The molecule has 1 fully saturated rings. The minimum Gasteiger partial charge on any atom is -0.462 e. The molecule has 0 amide bonds. The number of hydrogen-bond donors (Lipinski definition) is 3. The van der Waals surface area contributed by atoms with Crippen LogP contribution >= 0.6 is 19.1 Å². The number of hydrogen-bond acceptors (Lipinski definition) is 10. The van der Waals surface area contributed by atoms with Crippen LogP contribution in [0.1, 0.15) is 39.5 Å². The first-order chi connectivity index (χ1) is 19.3. The van der Waals surface area contributed by atoms with Crippen LogP contribution in [-0.2, 0) is 29.9 Å². The third-order valence-corrected chi connectivity index (χ3v) is 8.50. The summed E-state index contributed by atoms with van der Waals surface area (Å²) in [5, 5.41) is 15.9. The minimum atomic E-state index is -3.55. The summed E-state index contributed by atoms with van der Waals surface area (Å²) in [6.45, 7) is 7.26. The molecule has 41 heavy (non-hydrogen) atoms. The highest BCUT2D eigenvalue weighted by molar-refractivity contribution is 7.56. The van der Waals surface area contributed by atoms with Gasteiger partial charge >= 0.3 is 5.97 Å². The molecule has 2 unspecified atom stereocenters. The molecule has 1 aliphatic heterocycles. The van der Waals surface area contributed by atoms with Gasteiger partial charge in [-0.15, -0.1) is 0 Å². The van der Waals surface area contributed by atoms with Crippen LogP contribution in [0.15, 0.2) is 36.7 Å². The average molecular weight is 613 g/mol. The second kappa shape index (κ2) is 12.7. The van der Waals surface area contributed by atoms with Crippen LogP contribution in [0.3, 0.4) is 0 Å². The fourth-order valence-electron chi connectivity index (χ4n) is 4.49. The number of nitrogens with zero attached hydrogens (tertiary/aromatic N) is 4. The lowest BCUT2D eigenvalue weighted by Crippen LogP contribution is -2.41. The number of anilines is 1. The Labute approximate surface area is 242 Å². The van der Waals surface area contributed by atoms with E-state index in [0.717, 1.165) is 5.56 Å². The van der Waals surface area contributed by atoms with E-state index < -0.39 is 50.1 Å². The lowest BCUT2D eigenvalue weighted by Gasteiger charge is -2.30. The monoisotopic (exact) mass is 612 g/mol. The molecule has 224 valence electrons. The van der Waals surface area contributed by atoms with Gasteiger partial charge in [-0.1, -0.05) is 37.3 Å².